The van der Waals surface area contributed by atoms with E-state index >= 15 is 8.78 Å². The molecule has 2 aromatic carbocycles. The molecule has 2 unspecified atom stereocenters. The predicted molar refractivity (Wildman–Crippen MR) is 136 cm³/mol. The largest absolute Gasteiger partial charge is 0.397 e. The van der Waals surface area contributed by atoms with E-state index in [-0.39, 0.29) is 48.9 Å². The summed E-state index contributed by atoms with van der Waals surface area (Å²) in [6, 6.07) is 1.45. The van der Waals surface area contributed by atoms with Gasteiger partial charge in [0.25, 0.3) is 5.91 Å². The molecular weight excluding hydrogens is 604 g/mol. The second-order valence-electron chi connectivity index (χ2n) is 8.49. The third-order valence-electron chi connectivity index (χ3n) is 5.55. The molecule has 1 N–H and O–H groups in total. The predicted octanol–water partition coefficient (Wildman–Crippen LogP) is 8.79. The number of thioether (sulfide) groups is 1. The molecule has 3 rings (SSSR count). The average molecular weight is 624 g/mol. The second kappa shape index (κ2) is 12.2. The lowest BCUT2D eigenvalue weighted by Gasteiger charge is -2.28. The Kier molecular flexibility index (Phi) is 9.95. The number of halogens is 10. The zero-order valence-electron chi connectivity index (χ0n) is 19.4. The SMILES string of the molecule is CC(CCSCC(F)(F)F)NN1C(=O)c2ccc(/C=C/C(c3cc(Cl)c(Cl)c(Cl)c3)C(F)F)cc2C1(F)F. The van der Waals surface area contributed by atoms with Crippen molar-refractivity contribution in [1.29, 1.82) is 0 Å². The van der Waals surface area contributed by atoms with Crippen molar-refractivity contribution in [2.75, 3.05) is 11.5 Å². The number of hydrogen-bond acceptors (Lipinski definition) is 3. The number of rotatable bonds is 10. The Morgan fingerprint density at radius 2 is 1.74 bits per heavy atom. The number of benzene rings is 2. The fraction of sp³-hybridized carbons (Fsp3) is 0.375. The van der Waals surface area contributed by atoms with E-state index in [0.29, 0.717) is 11.8 Å². The Bertz CT molecular complexity index is 1190. The normalized spacial score (nSPS) is 16.9. The molecule has 208 valence electrons. The van der Waals surface area contributed by atoms with Gasteiger partial charge in [0.1, 0.15) is 0 Å². The van der Waals surface area contributed by atoms with E-state index < -0.39 is 47.8 Å². The Labute approximate surface area is 233 Å². The van der Waals surface area contributed by atoms with Crippen molar-refractivity contribution in [1.82, 2.24) is 10.4 Å². The van der Waals surface area contributed by atoms with Crippen LogP contribution in [0.3, 0.4) is 0 Å². The Morgan fingerprint density at radius 3 is 2.32 bits per heavy atom. The molecule has 1 amide bonds. The van der Waals surface area contributed by atoms with E-state index in [1.165, 1.54) is 31.2 Å². The fourth-order valence-corrected chi connectivity index (χ4v) is 5.17. The zero-order chi connectivity index (χ0) is 28.4. The van der Waals surface area contributed by atoms with Crippen LogP contribution in [0.25, 0.3) is 6.08 Å². The van der Waals surface area contributed by atoms with Crippen molar-refractivity contribution in [3.8, 4) is 0 Å². The van der Waals surface area contributed by atoms with Crippen molar-refractivity contribution in [3.05, 3.63) is 73.7 Å². The topological polar surface area (TPSA) is 32.3 Å². The summed E-state index contributed by atoms with van der Waals surface area (Å²) >= 11 is 18.4. The van der Waals surface area contributed by atoms with Crippen molar-refractivity contribution in [2.45, 2.75) is 44.0 Å². The highest BCUT2D eigenvalue weighted by molar-refractivity contribution is 7.99. The van der Waals surface area contributed by atoms with Crippen LogP contribution in [0.15, 0.2) is 36.4 Å². The van der Waals surface area contributed by atoms with Crippen LogP contribution >= 0.6 is 46.6 Å². The molecule has 2 atom stereocenters. The first-order valence-corrected chi connectivity index (χ1v) is 13.3. The Morgan fingerprint density at radius 1 is 1.11 bits per heavy atom. The number of fused-ring (bicyclic) bond motifs is 1. The van der Waals surface area contributed by atoms with Gasteiger partial charge in [-0.1, -0.05) is 53.0 Å². The molecular formula is C24H20Cl3F7N2OS. The number of amides is 1. The van der Waals surface area contributed by atoms with Gasteiger partial charge in [-0.2, -0.15) is 33.7 Å². The van der Waals surface area contributed by atoms with Crippen LogP contribution in [0.4, 0.5) is 30.7 Å². The molecule has 14 heteroatoms. The quantitative estimate of drug-likeness (QED) is 0.124. The van der Waals surface area contributed by atoms with Gasteiger partial charge in [0.05, 0.1) is 37.9 Å². The van der Waals surface area contributed by atoms with Crippen molar-refractivity contribution in [3.63, 3.8) is 0 Å². The van der Waals surface area contributed by atoms with Gasteiger partial charge < -0.3 is 0 Å². The van der Waals surface area contributed by atoms with Gasteiger partial charge in [0.15, 0.2) is 0 Å². The van der Waals surface area contributed by atoms with Crippen LogP contribution in [-0.2, 0) is 6.05 Å². The molecule has 0 saturated carbocycles. The van der Waals surface area contributed by atoms with Gasteiger partial charge in [-0.05, 0) is 54.5 Å². The number of nitrogens with zero attached hydrogens (tertiary/aromatic N) is 1. The number of allylic oxidation sites excluding steroid dienone is 1. The van der Waals surface area contributed by atoms with Gasteiger partial charge in [0, 0.05) is 6.04 Å². The van der Waals surface area contributed by atoms with E-state index in [9.17, 15) is 26.7 Å². The zero-order valence-corrected chi connectivity index (χ0v) is 22.5. The van der Waals surface area contributed by atoms with E-state index in [1.54, 1.807) is 0 Å². The Balaban J connectivity index is 1.76. The number of alkyl halides is 7. The number of carbonyl (C=O) groups is 1. The summed E-state index contributed by atoms with van der Waals surface area (Å²) in [5, 5.41) is 0.102. The second-order valence-corrected chi connectivity index (χ2v) is 10.8. The number of hydrazine groups is 1. The van der Waals surface area contributed by atoms with Gasteiger partial charge in [0.2, 0.25) is 6.43 Å². The molecule has 0 aliphatic carbocycles. The molecule has 0 bridgehead atoms. The minimum atomic E-state index is -4.34. The van der Waals surface area contributed by atoms with E-state index in [0.717, 1.165) is 18.2 Å². The van der Waals surface area contributed by atoms with E-state index in [2.05, 4.69) is 5.43 Å². The maximum Gasteiger partial charge on any atom is 0.397 e. The standard InChI is InChI=1S/C24H20Cl3F7N2OS/c1-12(6-7-38-11-23(30,31)32)35-36-22(37)16-5-3-13(8-17(16)24(36,33)34)2-4-15(21(28)29)14-9-18(25)20(27)19(26)10-14/h2-5,8-10,12,15,21,35H,6-7,11H2,1H3/b4-2+. The summed E-state index contributed by atoms with van der Waals surface area (Å²) in [5.74, 6) is -3.53. The highest BCUT2D eigenvalue weighted by Crippen LogP contribution is 2.42. The molecule has 0 saturated heterocycles. The van der Waals surface area contributed by atoms with Gasteiger partial charge >= 0.3 is 12.2 Å². The lowest BCUT2D eigenvalue weighted by molar-refractivity contribution is -0.148. The maximum atomic E-state index is 15.2. The first-order chi connectivity index (χ1) is 17.6. The van der Waals surface area contributed by atoms with Crippen molar-refractivity contribution < 1.29 is 35.5 Å². The third kappa shape index (κ3) is 7.29. The number of hydrogen-bond donors (Lipinski definition) is 1. The van der Waals surface area contributed by atoms with E-state index in [4.69, 9.17) is 34.8 Å². The smallest absolute Gasteiger partial charge is 0.267 e. The molecule has 1 aliphatic rings. The van der Waals surface area contributed by atoms with Crippen LogP contribution in [0.2, 0.25) is 15.1 Å². The summed E-state index contributed by atoms with van der Waals surface area (Å²) in [4.78, 5) is 12.6. The third-order valence-corrected chi connectivity index (χ3v) is 7.80. The fourth-order valence-electron chi connectivity index (χ4n) is 3.66. The monoisotopic (exact) mass is 622 g/mol. The van der Waals surface area contributed by atoms with E-state index in [1.807, 2.05) is 0 Å². The summed E-state index contributed by atoms with van der Waals surface area (Å²) in [5.41, 5.74) is 1.64. The maximum absolute atomic E-state index is 15.2. The Hall–Kier alpha value is -1.66. The highest BCUT2D eigenvalue weighted by atomic mass is 35.5. The molecule has 38 heavy (non-hydrogen) atoms. The van der Waals surface area contributed by atoms with Gasteiger partial charge in [-0.3, -0.25) is 4.79 Å². The summed E-state index contributed by atoms with van der Waals surface area (Å²) in [6.45, 7) is 1.47. The first kappa shape index (κ1) is 30.9. The van der Waals surface area contributed by atoms with Crippen molar-refractivity contribution in [2.24, 2.45) is 0 Å². The molecule has 0 spiro atoms. The molecule has 2 aromatic rings. The van der Waals surface area contributed by atoms with Crippen LogP contribution < -0.4 is 5.43 Å². The van der Waals surface area contributed by atoms with Crippen LogP contribution in [-0.4, -0.2) is 41.1 Å². The van der Waals surface area contributed by atoms with Crippen molar-refractivity contribution >= 4 is 58.5 Å². The molecule has 0 fully saturated rings. The summed E-state index contributed by atoms with van der Waals surface area (Å²) in [6.07, 6.45) is -4.80. The van der Waals surface area contributed by atoms with Crippen LogP contribution in [0.5, 0.6) is 0 Å². The number of carbonyl (C=O) groups excluding carboxylic acids is 1. The lowest BCUT2D eigenvalue weighted by atomic mass is 9.97. The molecule has 1 heterocycles. The van der Waals surface area contributed by atoms with Gasteiger partial charge in [-0.15, -0.1) is 0 Å². The highest BCUT2D eigenvalue weighted by Gasteiger charge is 2.52. The van der Waals surface area contributed by atoms with Gasteiger partial charge in [-0.25, -0.2) is 19.2 Å². The summed E-state index contributed by atoms with van der Waals surface area (Å²) in [7, 11) is 0. The first-order valence-electron chi connectivity index (χ1n) is 11.0. The van der Waals surface area contributed by atoms with Crippen LogP contribution in [0, 0.1) is 0 Å². The van der Waals surface area contributed by atoms with Crippen LogP contribution in [0.1, 0.15) is 46.3 Å². The summed E-state index contributed by atoms with van der Waals surface area (Å²) < 4.78 is 94.7. The number of nitrogens with one attached hydrogen (secondary N) is 1. The average Bonchev–Trinajstić information content (AvgIpc) is 2.99. The molecule has 0 radical (unpaired) electrons. The minimum absolute atomic E-state index is 0.00661. The molecule has 3 nitrogen and oxygen atoms in total. The minimum Gasteiger partial charge on any atom is -0.267 e. The molecule has 0 aromatic heterocycles. The lowest BCUT2D eigenvalue weighted by Crippen LogP contribution is -2.51. The molecule has 1 aliphatic heterocycles.